The Labute approximate surface area is 233 Å². The number of nitrogens with one attached hydrogen (secondary N) is 2. The number of piperazine rings is 1. The number of rotatable bonds is 7. The summed E-state index contributed by atoms with van der Waals surface area (Å²) in [5.41, 5.74) is 1.61. The maximum atomic E-state index is 13.3. The topological polar surface area (TPSA) is 128 Å². The molecule has 0 saturated carbocycles. The van der Waals surface area contributed by atoms with Gasteiger partial charge >= 0.3 is 6.09 Å². The highest BCUT2D eigenvalue weighted by molar-refractivity contribution is 6.09. The lowest BCUT2D eigenvalue weighted by Crippen LogP contribution is -2.50. The minimum Gasteiger partial charge on any atom is -0.450 e. The highest BCUT2D eigenvalue weighted by Gasteiger charge is 2.35. The molecule has 11 nitrogen and oxygen atoms in total. The molecule has 0 bridgehead atoms. The number of amides is 5. The Bertz CT molecular complexity index is 1270. The van der Waals surface area contributed by atoms with Crippen LogP contribution in [0.4, 0.5) is 16.2 Å². The van der Waals surface area contributed by atoms with Crippen LogP contribution in [0, 0.1) is 5.92 Å². The van der Waals surface area contributed by atoms with E-state index in [4.69, 9.17) is 4.74 Å². The third-order valence-corrected chi connectivity index (χ3v) is 7.07. The van der Waals surface area contributed by atoms with Gasteiger partial charge in [-0.2, -0.15) is 0 Å². The third kappa shape index (κ3) is 6.59. The van der Waals surface area contributed by atoms with Crippen LogP contribution in [0.5, 0.6) is 0 Å². The first kappa shape index (κ1) is 28.6. The molecule has 0 aromatic heterocycles. The van der Waals surface area contributed by atoms with Crippen molar-refractivity contribution in [3.05, 3.63) is 59.7 Å². The van der Waals surface area contributed by atoms with Crippen molar-refractivity contribution in [2.75, 3.05) is 50.0 Å². The van der Waals surface area contributed by atoms with Crippen LogP contribution < -0.4 is 10.6 Å². The van der Waals surface area contributed by atoms with Crippen LogP contribution in [0.25, 0.3) is 0 Å². The van der Waals surface area contributed by atoms with E-state index in [2.05, 4.69) is 10.6 Å². The second kappa shape index (κ2) is 12.6. The van der Waals surface area contributed by atoms with E-state index in [1.165, 1.54) is 0 Å². The fraction of sp³-hybridized carbons (Fsp3) is 0.414. The molecule has 5 amide bonds. The molecule has 2 aliphatic rings. The largest absolute Gasteiger partial charge is 0.450 e. The molecule has 2 aliphatic heterocycles. The van der Waals surface area contributed by atoms with Crippen molar-refractivity contribution in [1.82, 2.24) is 14.7 Å². The summed E-state index contributed by atoms with van der Waals surface area (Å²) in [5.74, 6) is -1.32. The van der Waals surface area contributed by atoms with Crippen molar-refractivity contribution in [3.63, 3.8) is 0 Å². The SMILES string of the molecule is CCOC(=O)N1CCN(C(=O)c2ccccc2NC(=O)c2ccc(NC(=O)C3CC(=O)N(C(C)C)C3)cc2)CC1. The quantitative estimate of drug-likeness (QED) is 0.546. The Morgan fingerprint density at radius 1 is 0.925 bits per heavy atom. The van der Waals surface area contributed by atoms with E-state index in [1.807, 2.05) is 13.8 Å². The van der Waals surface area contributed by atoms with Gasteiger partial charge in [-0.25, -0.2) is 4.79 Å². The monoisotopic (exact) mass is 549 g/mol. The van der Waals surface area contributed by atoms with Crippen LogP contribution in [0.2, 0.25) is 0 Å². The van der Waals surface area contributed by atoms with Gasteiger partial charge in [0.2, 0.25) is 11.8 Å². The van der Waals surface area contributed by atoms with E-state index >= 15 is 0 Å². The van der Waals surface area contributed by atoms with Gasteiger partial charge < -0.3 is 30.1 Å². The number of benzene rings is 2. The Morgan fingerprint density at radius 2 is 1.57 bits per heavy atom. The third-order valence-electron chi connectivity index (χ3n) is 7.07. The summed E-state index contributed by atoms with van der Waals surface area (Å²) in [5, 5.41) is 5.64. The van der Waals surface area contributed by atoms with Crippen LogP contribution in [-0.4, -0.2) is 89.8 Å². The maximum absolute atomic E-state index is 13.3. The average molecular weight is 550 g/mol. The first-order valence-electron chi connectivity index (χ1n) is 13.5. The Balaban J connectivity index is 1.35. The molecule has 2 aromatic carbocycles. The number of ether oxygens (including phenoxy) is 1. The molecule has 2 aromatic rings. The molecule has 1 atom stereocenters. The number of carbonyl (C=O) groups excluding carboxylic acids is 5. The van der Waals surface area contributed by atoms with Crippen LogP contribution in [0.15, 0.2) is 48.5 Å². The van der Waals surface area contributed by atoms with E-state index in [1.54, 1.807) is 70.2 Å². The van der Waals surface area contributed by atoms with Crippen molar-refractivity contribution >= 4 is 41.1 Å². The molecular weight excluding hydrogens is 514 g/mol. The number of carbonyl (C=O) groups is 5. The normalized spacial score (nSPS) is 17.1. The molecule has 40 heavy (non-hydrogen) atoms. The molecule has 2 N–H and O–H groups in total. The van der Waals surface area contributed by atoms with Gasteiger partial charge in [-0.1, -0.05) is 12.1 Å². The predicted octanol–water partition coefficient (Wildman–Crippen LogP) is 3.05. The molecule has 4 rings (SSSR count). The standard InChI is InChI=1S/C29H35N5O6/c1-4-40-29(39)33-15-13-32(14-16-33)28(38)23-7-5-6-8-24(23)31-26(36)20-9-11-22(12-10-20)30-27(37)21-17-25(35)34(18-21)19(2)3/h5-12,19,21H,4,13-18H2,1-3H3,(H,30,37)(H,31,36). The number of likely N-dealkylation sites (tertiary alicyclic amines) is 1. The van der Waals surface area contributed by atoms with Gasteiger partial charge in [0.1, 0.15) is 0 Å². The summed E-state index contributed by atoms with van der Waals surface area (Å²) in [6, 6.07) is 13.3. The van der Waals surface area contributed by atoms with Crippen molar-refractivity contribution < 1.29 is 28.7 Å². The molecule has 11 heteroatoms. The smallest absolute Gasteiger partial charge is 0.409 e. The Hall–Kier alpha value is -4.41. The lowest BCUT2D eigenvalue weighted by atomic mass is 10.1. The first-order valence-corrected chi connectivity index (χ1v) is 13.5. The van der Waals surface area contributed by atoms with Crippen molar-refractivity contribution in [2.45, 2.75) is 33.2 Å². The maximum Gasteiger partial charge on any atom is 0.409 e. The van der Waals surface area contributed by atoms with Crippen LogP contribution in [-0.2, 0) is 14.3 Å². The minimum atomic E-state index is -0.417. The fourth-order valence-electron chi connectivity index (χ4n) is 4.81. The summed E-state index contributed by atoms with van der Waals surface area (Å²) >= 11 is 0. The van der Waals surface area contributed by atoms with E-state index in [0.29, 0.717) is 61.8 Å². The summed E-state index contributed by atoms with van der Waals surface area (Å²) in [4.78, 5) is 67.9. The van der Waals surface area contributed by atoms with Gasteiger partial charge in [0, 0.05) is 56.4 Å². The van der Waals surface area contributed by atoms with Crippen LogP contribution in [0.1, 0.15) is 47.9 Å². The number of hydrogen-bond acceptors (Lipinski definition) is 6. The van der Waals surface area contributed by atoms with Crippen molar-refractivity contribution in [3.8, 4) is 0 Å². The molecule has 1 unspecified atom stereocenters. The lowest BCUT2D eigenvalue weighted by Gasteiger charge is -2.34. The number of para-hydroxylation sites is 1. The zero-order chi connectivity index (χ0) is 28.8. The number of hydrogen-bond donors (Lipinski definition) is 2. The molecule has 0 radical (unpaired) electrons. The predicted molar refractivity (Wildman–Crippen MR) is 149 cm³/mol. The average Bonchev–Trinajstić information content (AvgIpc) is 3.35. The van der Waals surface area contributed by atoms with Gasteiger partial charge in [0.15, 0.2) is 0 Å². The van der Waals surface area contributed by atoms with Gasteiger partial charge in [-0.15, -0.1) is 0 Å². The molecule has 212 valence electrons. The highest BCUT2D eigenvalue weighted by atomic mass is 16.6. The van der Waals surface area contributed by atoms with E-state index in [9.17, 15) is 24.0 Å². The molecule has 2 saturated heterocycles. The summed E-state index contributed by atoms with van der Waals surface area (Å²) in [6.45, 7) is 7.73. The molecule has 2 heterocycles. The Kier molecular flexibility index (Phi) is 9.03. The lowest BCUT2D eigenvalue weighted by molar-refractivity contribution is -0.129. The molecule has 2 fully saturated rings. The minimum absolute atomic E-state index is 0.0279. The summed E-state index contributed by atoms with van der Waals surface area (Å²) < 4.78 is 5.03. The zero-order valence-corrected chi connectivity index (χ0v) is 23.0. The fourth-order valence-corrected chi connectivity index (χ4v) is 4.81. The summed E-state index contributed by atoms with van der Waals surface area (Å²) in [6.07, 6.45) is -0.205. The molecule has 0 aliphatic carbocycles. The van der Waals surface area contributed by atoms with E-state index in [0.717, 1.165) is 0 Å². The van der Waals surface area contributed by atoms with Crippen LogP contribution in [0.3, 0.4) is 0 Å². The molecular formula is C29H35N5O6. The van der Waals surface area contributed by atoms with Crippen LogP contribution >= 0.6 is 0 Å². The van der Waals surface area contributed by atoms with Crippen molar-refractivity contribution in [1.29, 1.82) is 0 Å². The second-order valence-electron chi connectivity index (χ2n) is 10.1. The van der Waals surface area contributed by atoms with Gasteiger partial charge in [0.05, 0.1) is 23.8 Å². The zero-order valence-electron chi connectivity index (χ0n) is 23.0. The van der Waals surface area contributed by atoms with Gasteiger partial charge in [-0.05, 0) is 57.2 Å². The van der Waals surface area contributed by atoms with Crippen molar-refractivity contribution in [2.24, 2.45) is 5.92 Å². The van der Waals surface area contributed by atoms with Gasteiger partial charge in [-0.3, -0.25) is 19.2 Å². The van der Waals surface area contributed by atoms with Gasteiger partial charge in [0.25, 0.3) is 11.8 Å². The van der Waals surface area contributed by atoms with E-state index < -0.39 is 11.8 Å². The molecule has 0 spiro atoms. The first-order chi connectivity index (χ1) is 19.2. The second-order valence-corrected chi connectivity index (χ2v) is 10.1. The summed E-state index contributed by atoms with van der Waals surface area (Å²) in [7, 11) is 0. The number of nitrogens with zero attached hydrogens (tertiary/aromatic N) is 3. The highest BCUT2D eigenvalue weighted by Crippen LogP contribution is 2.23. The number of anilines is 2. The van der Waals surface area contributed by atoms with E-state index in [-0.39, 0.29) is 36.3 Å². The Morgan fingerprint density at radius 3 is 2.20 bits per heavy atom.